The summed E-state index contributed by atoms with van der Waals surface area (Å²) in [6.45, 7) is 4.62. The highest BCUT2D eigenvalue weighted by atomic mass is 35.5. The van der Waals surface area contributed by atoms with Crippen molar-refractivity contribution in [2.24, 2.45) is 7.05 Å². The topological polar surface area (TPSA) is 132 Å². The minimum atomic E-state index is -0.938. The van der Waals surface area contributed by atoms with E-state index in [1.165, 1.54) is 16.7 Å². The molecular formula is C27H26ClN4O7S+. The van der Waals surface area contributed by atoms with E-state index in [1.807, 2.05) is 13.8 Å². The van der Waals surface area contributed by atoms with Crippen molar-refractivity contribution in [1.82, 2.24) is 15.4 Å². The standard InChI is InChI=1S/C27H25ClN4O7S/c1-14-18(19(30-39-14)16-9-5-6-10-17(16)28)22(33)29-20-23(34)32-21(27(2,3)40-24(20)32)26(36)38-13-37-25(35)15-8-7-11-31(4)12-15/h5-12,20-21,24H,13H2,1-4H3/p+1/t20?,21-,24?/m0/s1. The van der Waals surface area contributed by atoms with Crippen LogP contribution in [0.25, 0.3) is 11.3 Å². The zero-order valence-corrected chi connectivity index (χ0v) is 23.6. The molecule has 40 heavy (non-hydrogen) atoms. The number of carbonyl (C=O) groups excluding carboxylic acids is 4. The van der Waals surface area contributed by atoms with Crippen molar-refractivity contribution in [2.75, 3.05) is 6.79 Å². The first-order valence-corrected chi connectivity index (χ1v) is 13.6. The van der Waals surface area contributed by atoms with Crippen LogP contribution in [0.4, 0.5) is 0 Å². The number of aromatic nitrogens is 2. The molecule has 2 saturated heterocycles. The molecule has 0 saturated carbocycles. The molecule has 2 fully saturated rings. The fourth-order valence-corrected chi connectivity index (χ4v) is 6.67. The summed E-state index contributed by atoms with van der Waals surface area (Å²) in [7, 11) is 1.76. The second-order valence-electron chi connectivity index (χ2n) is 9.92. The summed E-state index contributed by atoms with van der Waals surface area (Å²) in [6.07, 6.45) is 3.34. The molecule has 4 heterocycles. The third-order valence-corrected chi connectivity index (χ3v) is 8.64. The van der Waals surface area contributed by atoms with Gasteiger partial charge in [0, 0.05) is 16.4 Å². The maximum Gasteiger partial charge on any atom is 0.347 e. The molecule has 3 atom stereocenters. The lowest BCUT2D eigenvalue weighted by Crippen LogP contribution is -2.70. The zero-order valence-electron chi connectivity index (χ0n) is 22.0. The lowest BCUT2D eigenvalue weighted by molar-refractivity contribution is -0.671. The highest BCUT2D eigenvalue weighted by Crippen LogP contribution is 2.51. The lowest BCUT2D eigenvalue weighted by atomic mass is 9.95. The Morgan fingerprint density at radius 2 is 1.95 bits per heavy atom. The molecule has 2 aromatic heterocycles. The summed E-state index contributed by atoms with van der Waals surface area (Å²) < 4.78 is 16.5. The predicted molar refractivity (Wildman–Crippen MR) is 143 cm³/mol. The number of halogens is 1. The van der Waals surface area contributed by atoms with E-state index >= 15 is 0 Å². The van der Waals surface area contributed by atoms with E-state index in [1.54, 1.807) is 67.3 Å². The Morgan fingerprint density at radius 3 is 2.67 bits per heavy atom. The minimum Gasteiger partial charge on any atom is -0.426 e. The van der Waals surface area contributed by atoms with E-state index in [9.17, 15) is 19.2 Å². The first kappa shape index (κ1) is 27.7. The molecule has 2 unspecified atom stereocenters. The molecule has 13 heteroatoms. The molecule has 0 bridgehead atoms. The summed E-state index contributed by atoms with van der Waals surface area (Å²) in [5, 5.41) is 6.68. The van der Waals surface area contributed by atoms with Crippen LogP contribution in [0.2, 0.25) is 5.02 Å². The maximum absolute atomic E-state index is 13.3. The lowest BCUT2D eigenvalue weighted by Gasteiger charge is -2.43. The summed E-state index contributed by atoms with van der Waals surface area (Å²) in [5.74, 6) is -2.06. The Bertz CT molecular complexity index is 1520. The van der Waals surface area contributed by atoms with Crippen molar-refractivity contribution in [2.45, 2.75) is 43.0 Å². The molecule has 2 aliphatic rings. The fourth-order valence-electron chi connectivity index (χ4n) is 4.83. The molecule has 5 rings (SSSR count). The SMILES string of the molecule is Cc1onc(-c2ccccc2Cl)c1C(=O)NC1C(=O)N2C1SC(C)(C)[C@@H]2C(=O)OCOC(=O)c1ccc[n+](C)c1. The Morgan fingerprint density at radius 1 is 1.20 bits per heavy atom. The molecule has 3 aromatic rings. The first-order chi connectivity index (χ1) is 19.0. The third kappa shape index (κ3) is 4.92. The van der Waals surface area contributed by atoms with Crippen LogP contribution in [-0.4, -0.2) is 62.8 Å². The van der Waals surface area contributed by atoms with Crippen LogP contribution < -0.4 is 9.88 Å². The first-order valence-electron chi connectivity index (χ1n) is 12.3. The van der Waals surface area contributed by atoms with E-state index in [4.69, 9.17) is 25.6 Å². The average Bonchev–Trinajstić information content (AvgIpc) is 3.41. The van der Waals surface area contributed by atoms with Gasteiger partial charge in [0.15, 0.2) is 12.4 Å². The van der Waals surface area contributed by atoms with Gasteiger partial charge in [0.25, 0.3) is 5.91 Å². The number of benzene rings is 1. The number of ether oxygens (including phenoxy) is 2. The zero-order chi connectivity index (χ0) is 28.8. The number of pyridine rings is 1. The van der Waals surface area contributed by atoms with Crippen LogP contribution in [0.3, 0.4) is 0 Å². The number of rotatable bonds is 7. The van der Waals surface area contributed by atoms with Crippen LogP contribution in [0.15, 0.2) is 53.3 Å². The molecule has 1 N–H and O–H groups in total. The van der Waals surface area contributed by atoms with Crippen molar-refractivity contribution in [3.63, 3.8) is 0 Å². The Labute approximate surface area is 238 Å². The van der Waals surface area contributed by atoms with Crippen LogP contribution in [0.1, 0.15) is 40.3 Å². The van der Waals surface area contributed by atoms with Gasteiger partial charge in [0.05, 0.1) is 5.02 Å². The molecule has 2 aliphatic heterocycles. The average molecular weight is 586 g/mol. The van der Waals surface area contributed by atoms with Gasteiger partial charge in [-0.2, -0.15) is 0 Å². The van der Waals surface area contributed by atoms with Gasteiger partial charge in [-0.1, -0.05) is 35.0 Å². The number of nitrogens with one attached hydrogen (secondary N) is 1. The summed E-state index contributed by atoms with van der Waals surface area (Å²) in [6, 6.07) is 8.37. The van der Waals surface area contributed by atoms with Gasteiger partial charge in [0.1, 0.15) is 47.1 Å². The van der Waals surface area contributed by atoms with E-state index in [0.29, 0.717) is 16.1 Å². The van der Waals surface area contributed by atoms with Crippen molar-refractivity contribution in [3.8, 4) is 11.3 Å². The van der Waals surface area contributed by atoms with Gasteiger partial charge in [-0.05, 0) is 32.9 Å². The molecule has 11 nitrogen and oxygen atoms in total. The van der Waals surface area contributed by atoms with Crippen molar-refractivity contribution >= 4 is 47.1 Å². The molecule has 0 aliphatic carbocycles. The maximum atomic E-state index is 13.3. The monoisotopic (exact) mass is 585 g/mol. The summed E-state index contributed by atoms with van der Waals surface area (Å²) in [5.41, 5.74) is 1.26. The fraction of sp³-hybridized carbons (Fsp3) is 0.333. The number of nitrogens with zero attached hydrogens (tertiary/aromatic N) is 3. The van der Waals surface area contributed by atoms with Gasteiger partial charge < -0.3 is 24.2 Å². The molecule has 0 radical (unpaired) electrons. The normalized spacial score (nSPS) is 20.9. The smallest absolute Gasteiger partial charge is 0.347 e. The number of fused-ring (bicyclic) bond motifs is 1. The van der Waals surface area contributed by atoms with E-state index in [2.05, 4.69) is 10.5 Å². The molecule has 0 spiro atoms. The van der Waals surface area contributed by atoms with Crippen LogP contribution >= 0.6 is 23.4 Å². The summed E-state index contributed by atoms with van der Waals surface area (Å²) >= 11 is 7.67. The van der Waals surface area contributed by atoms with E-state index in [0.717, 1.165) is 0 Å². The Balaban J connectivity index is 1.24. The third-order valence-electron chi connectivity index (χ3n) is 6.74. The van der Waals surface area contributed by atoms with Gasteiger partial charge in [-0.25, -0.2) is 14.2 Å². The number of hydrogen-bond acceptors (Lipinski definition) is 9. The van der Waals surface area contributed by atoms with E-state index in [-0.39, 0.29) is 17.0 Å². The number of hydrogen-bond donors (Lipinski definition) is 1. The Hall–Kier alpha value is -3.90. The number of amides is 2. The highest BCUT2D eigenvalue weighted by Gasteiger charge is 2.64. The van der Waals surface area contributed by atoms with Crippen LogP contribution in [-0.2, 0) is 26.1 Å². The minimum absolute atomic E-state index is 0.173. The van der Waals surface area contributed by atoms with Crippen molar-refractivity contribution in [1.29, 1.82) is 0 Å². The number of thioether (sulfide) groups is 1. The molecular weight excluding hydrogens is 560 g/mol. The van der Waals surface area contributed by atoms with Crippen LogP contribution in [0.5, 0.6) is 0 Å². The molecule has 1 aromatic carbocycles. The van der Waals surface area contributed by atoms with Gasteiger partial charge >= 0.3 is 11.9 Å². The van der Waals surface area contributed by atoms with Crippen LogP contribution in [0, 0.1) is 6.92 Å². The van der Waals surface area contributed by atoms with Crippen molar-refractivity contribution < 1.29 is 37.7 Å². The second-order valence-corrected chi connectivity index (χ2v) is 12.1. The molecule has 2 amide bonds. The second kappa shape index (κ2) is 10.6. The number of β-lactam (4-membered cyclic amide) rings is 1. The van der Waals surface area contributed by atoms with Crippen molar-refractivity contribution in [3.05, 3.63) is 70.7 Å². The van der Waals surface area contributed by atoms with Gasteiger partial charge in [0.2, 0.25) is 12.7 Å². The number of esters is 2. The van der Waals surface area contributed by atoms with Gasteiger partial charge in [-0.15, -0.1) is 11.8 Å². The predicted octanol–water partition coefficient (Wildman–Crippen LogP) is 2.65. The summed E-state index contributed by atoms with van der Waals surface area (Å²) in [4.78, 5) is 53.2. The molecule has 208 valence electrons. The van der Waals surface area contributed by atoms with Gasteiger partial charge in [-0.3, -0.25) is 9.59 Å². The van der Waals surface area contributed by atoms with E-state index < -0.39 is 52.8 Å². The number of aryl methyl sites for hydroxylation is 2. The highest BCUT2D eigenvalue weighted by molar-refractivity contribution is 8.01. The Kier molecular flexibility index (Phi) is 7.32. The largest absolute Gasteiger partial charge is 0.426 e. The quantitative estimate of drug-likeness (QED) is 0.192. The number of carbonyl (C=O) groups is 4.